The fourth-order valence-corrected chi connectivity index (χ4v) is 3.25. The number of amides is 1. The first-order chi connectivity index (χ1) is 13.7. The number of likely N-dealkylation sites (N-methyl/N-ethyl adjacent to an activating group) is 1. The topological polar surface area (TPSA) is 41.6 Å². The summed E-state index contributed by atoms with van der Waals surface area (Å²) in [6.45, 7) is 1.49. The van der Waals surface area contributed by atoms with Gasteiger partial charge in [0.2, 0.25) is 5.91 Å². The summed E-state index contributed by atoms with van der Waals surface area (Å²) in [5, 5.41) is 2.98. The summed E-state index contributed by atoms with van der Waals surface area (Å²) in [7, 11) is 3.60. The van der Waals surface area contributed by atoms with E-state index in [9.17, 15) is 4.79 Å². The van der Waals surface area contributed by atoms with Crippen molar-refractivity contribution in [3.05, 3.63) is 90.0 Å². The third-order valence-electron chi connectivity index (χ3n) is 4.62. The predicted molar refractivity (Wildman–Crippen MR) is 113 cm³/mol. The number of benzene rings is 3. The SMILES string of the molecule is COc1ccccc1CNC(=O)CN(C)Cc1ccccc1-c1ccccc1. The quantitative estimate of drug-likeness (QED) is 0.645. The van der Waals surface area contributed by atoms with Crippen molar-refractivity contribution in [2.24, 2.45) is 0 Å². The molecule has 3 aromatic carbocycles. The van der Waals surface area contributed by atoms with Crippen LogP contribution >= 0.6 is 0 Å². The van der Waals surface area contributed by atoms with Crippen LogP contribution in [0.3, 0.4) is 0 Å². The van der Waals surface area contributed by atoms with Crippen molar-refractivity contribution in [2.75, 3.05) is 20.7 Å². The molecular formula is C24H26N2O2. The van der Waals surface area contributed by atoms with Crippen LogP contribution in [0.25, 0.3) is 11.1 Å². The average Bonchev–Trinajstić information content (AvgIpc) is 2.73. The zero-order valence-electron chi connectivity index (χ0n) is 16.4. The third kappa shape index (κ3) is 5.21. The number of carbonyl (C=O) groups excluding carboxylic acids is 1. The summed E-state index contributed by atoms with van der Waals surface area (Å²) in [6.07, 6.45) is 0. The summed E-state index contributed by atoms with van der Waals surface area (Å²) in [5.74, 6) is 0.776. The highest BCUT2D eigenvalue weighted by molar-refractivity contribution is 5.78. The number of carbonyl (C=O) groups is 1. The summed E-state index contributed by atoms with van der Waals surface area (Å²) >= 11 is 0. The number of methoxy groups -OCH3 is 1. The van der Waals surface area contributed by atoms with E-state index in [0.717, 1.165) is 11.3 Å². The first-order valence-corrected chi connectivity index (χ1v) is 9.38. The van der Waals surface area contributed by atoms with Gasteiger partial charge in [-0.3, -0.25) is 9.69 Å². The average molecular weight is 374 g/mol. The van der Waals surface area contributed by atoms with Crippen LogP contribution in [0.15, 0.2) is 78.9 Å². The highest BCUT2D eigenvalue weighted by Gasteiger charge is 2.11. The lowest BCUT2D eigenvalue weighted by molar-refractivity contribution is -0.122. The number of hydrogen-bond acceptors (Lipinski definition) is 3. The zero-order chi connectivity index (χ0) is 19.8. The minimum atomic E-state index is -0.00871. The van der Waals surface area contributed by atoms with E-state index in [0.29, 0.717) is 19.6 Å². The Kier molecular flexibility index (Phi) is 6.82. The van der Waals surface area contributed by atoms with Crippen LogP contribution in [0.4, 0.5) is 0 Å². The Labute approximate surface area is 166 Å². The molecule has 1 N–H and O–H groups in total. The van der Waals surface area contributed by atoms with E-state index in [2.05, 4.69) is 29.6 Å². The van der Waals surface area contributed by atoms with Gasteiger partial charge in [-0.2, -0.15) is 0 Å². The van der Waals surface area contributed by atoms with Gasteiger partial charge in [0.1, 0.15) is 5.75 Å². The van der Waals surface area contributed by atoms with Gasteiger partial charge in [0.05, 0.1) is 13.7 Å². The molecule has 3 aromatic rings. The Morgan fingerprint density at radius 2 is 1.54 bits per heavy atom. The maximum Gasteiger partial charge on any atom is 0.234 e. The molecule has 144 valence electrons. The minimum Gasteiger partial charge on any atom is -0.496 e. The number of ether oxygens (including phenoxy) is 1. The highest BCUT2D eigenvalue weighted by Crippen LogP contribution is 2.24. The summed E-state index contributed by atoms with van der Waals surface area (Å²) in [6, 6.07) is 26.4. The molecule has 0 aliphatic carbocycles. The normalized spacial score (nSPS) is 10.7. The highest BCUT2D eigenvalue weighted by atomic mass is 16.5. The maximum absolute atomic E-state index is 12.4. The molecule has 4 heteroatoms. The molecule has 0 bridgehead atoms. The zero-order valence-corrected chi connectivity index (χ0v) is 16.4. The number of hydrogen-bond donors (Lipinski definition) is 1. The van der Waals surface area contributed by atoms with Crippen LogP contribution in [0.2, 0.25) is 0 Å². The molecule has 0 saturated carbocycles. The number of nitrogens with one attached hydrogen (secondary N) is 1. The predicted octanol–water partition coefficient (Wildman–Crippen LogP) is 4.11. The molecule has 0 aliphatic heterocycles. The molecule has 0 radical (unpaired) electrons. The van der Waals surface area contributed by atoms with Crippen LogP contribution in [-0.2, 0) is 17.9 Å². The van der Waals surface area contributed by atoms with Crippen molar-refractivity contribution in [3.63, 3.8) is 0 Å². The van der Waals surface area contributed by atoms with Crippen molar-refractivity contribution in [3.8, 4) is 16.9 Å². The molecule has 3 rings (SSSR count). The standard InChI is InChI=1S/C24H26N2O2/c1-26(18-24(27)25-16-20-12-7-9-15-23(20)28-2)17-21-13-6-8-14-22(21)19-10-4-3-5-11-19/h3-15H,16-18H2,1-2H3,(H,25,27). The van der Waals surface area contributed by atoms with Gasteiger partial charge < -0.3 is 10.1 Å². The largest absolute Gasteiger partial charge is 0.496 e. The summed E-state index contributed by atoms with van der Waals surface area (Å²) in [4.78, 5) is 14.4. The maximum atomic E-state index is 12.4. The lowest BCUT2D eigenvalue weighted by Crippen LogP contribution is -2.34. The third-order valence-corrected chi connectivity index (χ3v) is 4.62. The molecule has 0 fully saturated rings. The second kappa shape index (κ2) is 9.72. The molecule has 4 nitrogen and oxygen atoms in total. The molecule has 28 heavy (non-hydrogen) atoms. The second-order valence-electron chi connectivity index (χ2n) is 6.78. The van der Waals surface area contributed by atoms with Crippen molar-refractivity contribution < 1.29 is 9.53 Å². The Morgan fingerprint density at radius 3 is 2.29 bits per heavy atom. The molecular weight excluding hydrogens is 348 g/mol. The first-order valence-electron chi connectivity index (χ1n) is 9.38. The molecule has 0 aromatic heterocycles. The number of rotatable bonds is 8. The molecule has 0 unspecified atom stereocenters. The summed E-state index contributed by atoms with van der Waals surface area (Å²) < 4.78 is 5.33. The monoisotopic (exact) mass is 374 g/mol. The Balaban J connectivity index is 1.59. The van der Waals surface area contributed by atoms with Gasteiger partial charge >= 0.3 is 0 Å². The van der Waals surface area contributed by atoms with Gasteiger partial charge in [-0.1, -0.05) is 72.8 Å². The van der Waals surface area contributed by atoms with E-state index in [1.165, 1.54) is 16.7 Å². The van der Waals surface area contributed by atoms with Crippen LogP contribution in [0, 0.1) is 0 Å². The summed E-state index contributed by atoms with van der Waals surface area (Å²) in [5.41, 5.74) is 4.56. The van der Waals surface area contributed by atoms with E-state index >= 15 is 0 Å². The lowest BCUT2D eigenvalue weighted by atomic mass is 9.99. The smallest absolute Gasteiger partial charge is 0.234 e. The molecule has 0 heterocycles. The first kappa shape index (κ1) is 19.6. The van der Waals surface area contributed by atoms with Gasteiger partial charge in [0, 0.05) is 18.7 Å². The Hall–Kier alpha value is -3.11. The van der Waals surface area contributed by atoms with Crippen molar-refractivity contribution in [2.45, 2.75) is 13.1 Å². The molecule has 0 atom stereocenters. The van der Waals surface area contributed by atoms with Gasteiger partial charge in [0.15, 0.2) is 0 Å². The second-order valence-corrected chi connectivity index (χ2v) is 6.78. The van der Waals surface area contributed by atoms with Crippen molar-refractivity contribution in [1.82, 2.24) is 10.2 Å². The fourth-order valence-electron chi connectivity index (χ4n) is 3.25. The van der Waals surface area contributed by atoms with E-state index in [1.54, 1.807) is 7.11 Å². The number of para-hydroxylation sites is 1. The van der Waals surface area contributed by atoms with E-state index in [4.69, 9.17) is 4.74 Å². The van der Waals surface area contributed by atoms with Crippen LogP contribution in [-0.4, -0.2) is 31.5 Å². The minimum absolute atomic E-state index is 0.00871. The number of nitrogens with zero attached hydrogens (tertiary/aromatic N) is 1. The Bertz CT molecular complexity index is 909. The van der Waals surface area contributed by atoms with Gasteiger partial charge in [0.25, 0.3) is 0 Å². The van der Waals surface area contributed by atoms with Crippen LogP contribution in [0.5, 0.6) is 5.75 Å². The van der Waals surface area contributed by atoms with E-state index < -0.39 is 0 Å². The molecule has 0 saturated heterocycles. The molecule has 0 spiro atoms. The lowest BCUT2D eigenvalue weighted by Gasteiger charge is -2.19. The van der Waals surface area contributed by atoms with Crippen molar-refractivity contribution >= 4 is 5.91 Å². The fraction of sp³-hybridized carbons (Fsp3) is 0.208. The van der Waals surface area contributed by atoms with E-state index in [-0.39, 0.29) is 5.91 Å². The van der Waals surface area contributed by atoms with Crippen LogP contribution < -0.4 is 10.1 Å². The van der Waals surface area contributed by atoms with Crippen molar-refractivity contribution in [1.29, 1.82) is 0 Å². The van der Waals surface area contributed by atoms with E-state index in [1.807, 2.05) is 66.5 Å². The van der Waals surface area contributed by atoms with Gasteiger partial charge in [-0.25, -0.2) is 0 Å². The Morgan fingerprint density at radius 1 is 0.893 bits per heavy atom. The van der Waals surface area contributed by atoms with Gasteiger partial charge in [-0.05, 0) is 29.8 Å². The molecule has 0 aliphatic rings. The molecule has 1 amide bonds. The van der Waals surface area contributed by atoms with Crippen LogP contribution in [0.1, 0.15) is 11.1 Å². The van der Waals surface area contributed by atoms with Gasteiger partial charge in [-0.15, -0.1) is 0 Å².